The van der Waals surface area contributed by atoms with Crippen LogP contribution in [-0.4, -0.2) is 40.4 Å². The van der Waals surface area contributed by atoms with Crippen LogP contribution in [0.2, 0.25) is 0 Å². The van der Waals surface area contributed by atoms with E-state index in [0.29, 0.717) is 11.3 Å². The van der Waals surface area contributed by atoms with Gasteiger partial charge in [0.2, 0.25) is 0 Å². The fourth-order valence-electron chi connectivity index (χ4n) is 5.12. The molecule has 30 heavy (non-hydrogen) atoms. The Hall–Kier alpha value is -1.69. The smallest absolute Gasteiger partial charge is 0.303 e. The van der Waals surface area contributed by atoms with E-state index >= 15 is 0 Å². The third-order valence-corrected chi connectivity index (χ3v) is 8.15. The Morgan fingerprint density at radius 2 is 1.87 bits per heavy atom. The second kappa shape index (κ2) is 10.1. The zero-order valence-electron chi connectivity index (χ0n) is 17.9. The summed E-state index contributed by atoms with van der Waals surface area (Å²) in [5.41, 5.74) is 2.15. The Kier molecular flexibility index (Phi) is 7.24. The molecule has 2 N–H and O–H groups in total. The number of carboxylic acids is 1. The quantitative estimate of drug-likeness (QED) is 0.584. The predicted molar refractivity (Wildman–Crippen MR) is 124 cm³/mol. The summed E-state index contributed by atoms with van der Waals surface area (Å²) in [7, 11) is 0. The first kappa shape index (κ1) is 21.5. The highest BCUT2D eigenvalue weighted by Crippen LogP contribution is 2.38. The van der Waals surface area contributed by atoms with Crippen LogP contribution in [0, 0.1) is 5.92 Å². The van der Waals surface area contributed by atoms with Crippen molar-refractivity contribution in [3.63, 3.8) is 0 Å². The summed E-state index contributed by atoms with van der Waals surface area (Å²) >= 11 is 1.92. The summed E-state index contributed by atoms with van der Waals surface area (Å²) in [4.78, 5) is 18.4. The van der Waals surface area contributed by atoms with Gasteiger partial charge in [0, 0.05) is 42.1 Å². The van der Waals surface area contributed by atoms with E-state index in [4.69, 9.17) is 10.1 Å². The molecule has 6 heteroatoms. The van der Waals surface area contributed by atoms with Crippen LogP contribution in [0.15, 0.2) is 23.7 Å². The Balaban J connectivity index is 1.50. The first-order chi connectivity index (χ1) is 14.6. The fraction of sp³-hybridized carbons (Fsp3) is 0.667. The number of rotatable bonds is 8. The van der Waals surface area contributed by atoms with Crippen LogP contribution in [0.1, 0.15) is 76.2 Å². The number of nitrogens with zero attached hydrogens (tertiary/aromatic N) is 2. The first-order valence-corrected chi connectivity index (χ1v) is 12.6. The third-order valence-electron chi connectivity index (χ3n) is 6.81. The molecule has 2 saturated carbocycles. The van der Waals surface area contributed by atoms with Gasteiger partial charge in [-0.05, 0) is 50.2 Å². The van der Waals surface area contributed by atoms with Crippen LogP contribution in [0.3, 0.4) is 0 Å². The molecule has 0 bridgehead atoms. The van der Waals surface area contributed by atoms with Crippen molar-refractivity contribution in [1.29, 1.82) is 0 Å². The molecule has 0 amide bonds. The minimum atomic E-state index is -0.701. The molecular formula is C24H35N3O2S. The fourth-order valence-corrected chi connectivity index (χ4v) is 6.46. The Labute approximate surface area is 184 Å². The van der Waals surface area contributed by atoms with Crippen molar-refractivity contribution in [2.45, 2.75) is 86.9 Å². The number of aromatic nitrogens is 1. The lowest BCUT2D eigenvalue weighted by molar-refractivity contribution is -0.137. The summed E-state index contributed by atoms with van der Waals surface area (Å²) in [6.45, 7) is 6.06. The number of carboxylic acid groups (broad SMARTS) is 1. The largest absolute Gasteiger partial charge is 0.481 e. The average molecular weight is 430 g/mol. The average Bonchev–Trinajstić information content (AvgIpc) is 3.40. The second-order valence-corrected chi connectivity index (χ2v) is 10.5. The molecule has 1 atom stereocenters. The first-order valence-electron chi connectivity index (χ1n) is 11.7. The van der Waals surface area contributed by atoms with Gasteiger partial charge >= 0.3 is 5.97 Å². The third kappa shape index (κ3) is 5.51. The monoisotopic (exact) mass is 429 g/mol. The molecule has 3 aliphatic rings. The van der Waals surface area contributed by atoms with Gasteiger partial charge in [0.05, 0.1) is 0 Å². The molecule has 4 rings (SSSR count). The maximum absolute atomic E-state index is 11.1. The minimum Gasteiger partial charge on any atom is -0.481 e. The van der Waals surface area contributed by atoms with E-state index in [1.807, 2.05) is 11.8 Å². The van der Waals surface area contributed by atoms with Gasteiger partial charge in [0.1, 0.15) is 10.8 Å². The molecule has 2 heterocycles. The molecule has 5 nitrogen and oxygen atoms in total. The van der Waals surface area contributed by atoms with Crippen LogP contribution in [0.5, 0.6) is 0 Å². The van der Waals surface area contributed by atoms with E-state index in [9.17, 15) is 4.79 Å². The van der Waals surface area contributed by atoms with E-state index in [1.54, 1.807) is 0 Å². The number of anilines is 1. The van der Waals surface area contributed by atoms with Crippen LogP contribution in [0.4, 0.5) is 5.82 Å². The molecule has 1 aromatic rings. The lowest BCUT2D eigenvalue weighted by Crippen LogP contribution is -2.29. The second-order valence-electron chi connectivity index (χ2n) is 9.20. The normalized spacial score (nSPS) is 23.1. The molecule has 2 aliphatic carbocycles. The molecule has 0 spiro atoms. The molecule has 1 aliphatic heterocycles. The van der Waals surface area contributed by atoms with E-state index in [1.165, 1.54) is 57.8 Å². The van der Waals surface area contributed by atoms with E-state index in [0.717, 1.165) is 41.6 Å². The van der Waals surface area contributed by atoms with Gasteiger partial charge in [-0.2, -0.15) is 0 Å². The lowest BCUT2D eigenvalue weighted by atomic mass is 9.95. The highest BCUT2D eigenvalue weighted by Gasteiger charge is 2.27. The van der Waals surface area contributed by atoms with Gasteiger partial charge in [0.25, 0.3) is 0 Å². The SMILES string of the molecule is C=C(NC1CCCCC1)c1ccc(N2CCC(CC(=O)O)C2)nc1SC1CCCC1. The van der Waals surface area contributed by atoms with Crippen LogP contribution in [-0.2, 0) is 4.79 Å². The van der Waals surface area contributed by atoms with Gasteiger partial charge < -0.3 is 15.3 Å². The molecule has 0 aromatic carbocycles. The maximum Gasteiger partial charge on any atom is 0.303 e. The van der Waals surface area contributed by atoms with Crippen LogP contribution < -0.4 is 10.2 Å². The number of pyridine rings is 1. The number of nitrogens with one attached hydrogen (secondary N) is 1. The molecule has 0 radical (unpaired) electrons. The molecule has 1 unspecified atom stereocenters. The van der Waals surface area contributed by atoms with Crippen LogP contribution >= 0.6 is 11.8 Å². The van der Waals surface area contributed by atoms with Crippen molar-refractivity contribution in [3.8, 4) is 0 Å². The van der Waals surface area contributed by atoms with Crippen molar-refractivity contribution < 1.29 is 9.90 Å². The van der Waals surface area contributed by atoms with Crippen molar-refractivity contribution in [2.24, 2.45) is 5.92 Å². The van der Waals surface area contributed by atoms with Crippen molar-refractivity contribution in [1.82, 2.24) is 10.3 Å². The zero-order chi connectivity index (χ0) is 20.9. The number of hydrogen-bond donors (Lipinski definition) is 2. The van der Waals surface area contributed by atoms with Crippen LogP contribution in [0.25, 0.3) is 5.70 Å². The number of carbonyl (C=O) groups is 1. The van der Waals surface area contributed by atoms with E-state index < -0.39 is 5.97 Å². The Bertz CT molecular complexity index is 757. The summed E-state index contributed by atoms with van der Waals surface area (Å²) in [5.74, 6) is 0.503. The molecule has 164 valence electrons. The molecule has 1 saturated heterocycles. The number of aliphatic carboxylic acids is 1. The lowest BCUT2D eigenvalue weighted by Gasteiger charge is -2.26. The standard InChI is InChI=1S/C24H35N3O2S/c1-17(25-19-7-3-2-4-8-19)21-11-12-22(26-24(21)30-20-9-5-6-10-20)27-14-13-18(16-27)15-23(28)29/h11-12,18-20,25H,1-10,13-16H2,(H,28,29). The molecule has 1 aromatic heterocycles. The van der Waals surface area contributed by atoms with Gasteiger partial charge in [0.15, 0.2) is 0 Å². The highest BCUT2D eigenvalue weighted by molar-refractivity contribution is 7.99. The summed E-state index contributed by atoms with van der Waals surface area (Å²) < 4.78 is 0. The van der Waals surface area contributed by atoms with Gasteiger partial charge in [-0.3, -0.25) is 4.79 Å². The minimum absolute atomic E-state index is 0.220. The Morgan fingerprint density at radius 3 is 2.60 bits per heavy atom. The Morgan fingerprint density at radius 1 is 1.13 bits per heavy atom. The summed E-state index contributed by atoms with van der Waals surface area (Å²) in [6, 6.07) is 4.82. The number of thioether (sulfide) groups is 1. The van der Waals surface area contributed by atoms with E-state index in [-0.39, 0.29) is 12.3 Å². The van der Waals surface area contributed by atoms with Crippen molar-refractivity contribution in [3.05, 3.63) is 24.3 Å². The highest BCUT2D eigenvalue weighted by atomic mass is 32.2. The number of hydrogen-bond acceptors (Lipinski definition) is 5. The topological polar surface area (TPSA) is 65.5 Å². The van der Waals surface area contributed by atoms with E-state index in [2.05, 4.69) is 28.9 Å². The predicted octanol–water partition coefficient (Wildman–Crippen LogP) is 5.31. The maximum atomic E-state index is 11.1. The van der Waals surface area contributed by atoms with Gasteiger partial charge in [-0.15, -0.1) is 11.8 Å². The molecular weight excluding hydrogens is 394 g/mol. The van der Waals surface area contributed by atoms with Crippen molar-refractivity contribution >= 4 is 29.2 Å². The van der Waals surface area contributed by atoms with Gasteiger partial charge in [-0.1, -0.05) is 38.7 Å². The summed E-state index contributed by atoms with van der Waals surface area (Å²) in [6.07, 6.45) is 12.8. The zero-order valence-corrected chi connectivity index (χ0v) is 18.8. The summed E-state index contributed by atoms with van der Waals surface area (Å²) in [5, 5.41) is 14.5. The molecule has 3 fully saturated rings. The van der Waals surface area contributed by atoms with Gasteiger partial charge in [-0.25, -0.2) is 4.98 Å². The van der Waals surface area contributed by atoms with Crippen molar-refractivity contribution in [2.75, 3.05) is 18.0 Å².